The number of carbonyl (C=O) groups is 1. The van der Waals surface area contributed by atoms with Gasteiger partial charge in [-0.25, -0.2) is 0 Å². The quantitative estimate of drug-likeness (QED) is 0.135. The molecule has 34 heavy (non-hydrogen) atoms. The Labute approximate surface area is 216 Å². The number of thiazole rings is 1. The van der Waals surface area contributed by atoms with Crippen molar-refractivity contribution < 1.29 is 27.4 Å². The number of benzene rings is 2. The van der Waals surface area contributed by atoms with Crippen molar-refractivity contribution in [1.82, 2.24) is 0 Å². The summed E-state index contributed by atoms with van der Waals surface area (Å²) in [5, 5.41) is 13.7. The van der Waals surface area contributed by atoms with Crippen molar-refractivity contribution in [3.05, 3.63) is 73.5 Å². The Morgan fingerprint density at radius 3 is 2.47 bits per heavy atom. The number of ketones is 1. The molecule has 0 fully saturated rings. The zero-order chi connectivity index (χ0) is 24.6. The number of halogens is 1. The van der Waals surface area contributed by atoms with Gasteiger partial charge in [0.25, 0.3) is 15.1 Å². The molecule has 1 heterocycles. The number of Topliss-reactive ketones (excluding diaryl/α,β-unsaturated/α-hetero) is 1. The first-order chi connectivity index (χ1) is 16.0. The van der Waals surface area contributed by atoms with Crippen molar-refractivity contribution in [2.75, 3.05) is 5.75 Å². The number of aryl methyl sites for hydroxylation is 1. The molecule has 4 rings (SSSR count). The fraction of sp³-hybridized carbons (Fsp3) is 0.280. The molecule has 1 aliphatic rings. The fourth-order valence-corrected chi connectivity index (χ4v) is 6.38. The van der Waals surface area contributed by atoms with E-state index in [4.69, 9.17) is 4.55 Å². The molecule has 0 saturated heterocycles. The smallest absolute Gasteiger partial charge is 0.264 e. The molecule has 9 heteroatoms. The monoisotopic (exact) mass is 609 g/mol. The molecule has 0 amide bonds. The number of hydrogen-bond donors (Lipinski definition) is 1. The Morgan fingerprint density at radius 2 is 1.85 bits per heavy atom. The van der Waals surface area contributed by atoms with E-state index in [9.17, 15) is 18.3 Å². The van der Waals surface area contributed by atoms with E-state index in [1.807, 2.05) is 47.0 Å². The van der Waals surface area contributed by atoms with E-state index in [1.165, 1.54) is 11.3 Å². The third-order valence-electron chi connectivity index (χ3n) is 5.80. The predicted octanol–water partition coefficient (Wildman–Crippen LogP) is 4.32. The second-order valence-electron chi connectivity index (χ2n) is 8.57. The Balaban J connectivity index is 1.66. The first kappa shape index (κ1) is 25.0. The van der Waals surface area contributed by atoms with Crippen molar-refractivity contribution >= 4 is 71.7 Å². The van der Waals surface area contributed by atoms with Gasteiger partial charge in [-0.15, -0.1) is 0 Å². The summed E-state index contributed by atoms with van der Waals surface area (Å²) in [4.78, 5) is 12.9. The summed E-state index contributed by atoms with van der Waals surface area (Å²) in [6.07, 6.45) is 2.49. The van der Waals surface area contributed by atoms with Crippen LogP contribution in [0.3, 0.4) is 0 Å². The molecule has 178 valence electrons. The summed E-state index contributed by atoms with van der Waals surface area (Å²) in [7, 11) is -4.00. The minimum absolute atomic E-state index is 0.163. The van der Waals surface area contributed by atoms with Crippen LogP contribution in [0.4, 0.5) is 0 Å². The second-order valence-corrected chi connectivity index (χ2v) is 12.4. The van der Waals surface area contributed by atoms with Crippen molar-refractivity contribution in [3.63, 3.8) is 0 Å². The highest BCUT2D eigenvalue weighted by Gasteiger charge is 2.30. The number of unbranched alkanes of at least 4 members (excludes halogenated alkanes) is 1. The Hall–Kier alpha value is -2.08. The largest absolute Gasteiger partial charge is 0.871 e. The highest BCUT2D eigenvalue weighted by atomic mass is 127. The van der Waals surface area contributed by atoms with Gasteiger partial charge in [-0.3, -0.25) is 9.35 Å². The molecule has 0 aliphatic heterocycles. The number of rotatable bonds is 8. The number of hydrogen-bond acceptors (Lipinski definition) is 5. The van der Waals surface area contributed by atoms with Gasteiger partial charge in [-0.1, -0.05) is 55.2 Å². The maximum absolute atomic E-state index is 12.9. The van der Waals surface area contributed by atoms with Crippen LogP contribution in [0.2, 0.25) is 0 Å². The Kier molecular flexibility index (Phi) is 7.28. The van der Waals surface area contributed by atoms with E-state index in [0.29, 0.717) is 30.9 Å². The Morgan fingerprint density at radius 1 is 1.15 bits per heavy atom. The maximum atomic E-state index is 12.9. The highest BCUT2D eigenvalue weighted by Crippen LogP contribution is 2.36. The zero-order valence-corrected chi connectivity index (χ0v) is 22.5. The van der Waals surface area contributed by atoms with Gasteiger partial charge in [-0.05, 0) is 58.2 Å². The molecule has 0 spiro atoms. The number of nitrogens with zero attached hydrogens (tertiary/aromatic N) is 1. The van der Waals surface area contributed by atoms with E-state index >= 15 is 0 Å². The minimum atomic E-state index is -4.00. The fourth-order valence-electron chi connectivity index (χ4n) is 3.94. The lowest BCUT2D eigenvalue weighted by Crippen LogP contribution is -2.36. The minimum Gasteiger partial charge on any atom is -0.871 e. The summed E-state index contributed by atoms with van der Waals surface area (Å²) in [6, 6.07) is 13.6. The molecule has 1 N–H and O–H groups in total. The van der Waals surface area contributed by atoms with Crippen molar-refractivity contribution in [1.29, 1.82) is 0 Å². The molecule has 3 aromatic rings. The Bertz CT molecular complexity index is 1430. The van der Waals surface area contributed by atoms with Gasteiger partial charge in [0, 0.05) is 33.3 Å². The molecule has 0 unspecified atom stereocenters. The van der Waals surface area contributed by atoms with Gasteiger partial charge in [0.2, 0.25) is 5.52 Å². The zero-order valence-electron chi connectivity index (χ0n) is 18.7. The lowest BCUT2D eigenvalue weighted by molar-refractivity contribution is -0.669. The average Bonchev–Trinajstić information content (AvgIpc) is 3.11. The van der Waals surface area contributed by atoms with Gasteiger partial charge in [0.05, 0.1) is 5.75 Å². The van der Waals surface area contributed by atoms with Crippen LogP contribution in [0.1, 0.15) is 48.7 Å². The molecule has 1 aromatic heterocycles. The third kappa shape index (κ3) is 5.27. The third-order valence-corrected chi connectivity index (χ3v) is 8.37. The SMILES string of the molecule is CC(C)c1ccc(C2=C([O-])/C(=C\c3sc4cc(I)ccc4[n+]3CCCCS(=O)(=O)O)C2=O)cc1. The van der Waals surface area contributed by atoms with E-state index in [0.717, 1.165) is 24.4 Å². The van der Waals surface area contributed by atoms with Crippen molar-refractivity contribution in [2.24, 2.45) is 0 Å². The second kappa shape index (κ2) is 9.88. The lowest BCUT2D eigenvalue weighted by atomic mass is 9.83. The van der Waals surface area contributed by atoms with Crippen LogP contribution in [0.5, 0.6) is 0 Å². The van der Waals surface area contributed by atoms with E-state index in [2.05, 4.69) is 36.4 Å². The van der Waals surface area contributed by atoms with Gasteiger partial charge in [0.15, 0.2) is 12.3 Å². The standard InChI is InChI=1S/C25H24INO5S2/c1-15(2)16-5-7-17(8-6-16)23-24(28)19(25(23)29)14-22-27(11-3-4-12-34(30,31)32)20-10-9-18(26)13-21(20)33-22/h5-10,13-15H,3-4,11-12H2,1-2H3,(H-,28,29,30,31,32). The summed E-state index contributed by atoms with van der Waals surface area (Å²) in [5.74, 6) is -0.444. The van der Waals surface area contributed by atoms with Gasteiger partial charge in [0.1, 0.15) is 4.70 Å². The van der Waals surface area contributed by atoms with Gasteiger partial charge < -0.3 is 5.11 Å². The molecular weight excluding hydrogens is 585 g/mol. The topological polar surface area (TPSA) is 98.4 Å². The molecule has 0 atom stereocenters. The molecule has 0 radical (unpaired) electrons. The van der Waals surface area contributed by atoms with Gasteiger partial charge >= 0.3 is 0 Å². The molecule has 1 aliphatic carbocycles. The van der Waals surface area contributed by atoms with Crippen LogP contribution < -0.4 is 9.67 Å². The van der Waals surface area contributed by atoms with Crippen LogP contribution in [0, 0.1) is 3.57 Å². The van der Waals surface area contributed by atoms with Crippen LogP contribution in [0.25, 0.3) is 21.9 Å². The summed E-state index contributed by atoms with van der Waals surface area (Å²) in [6.45, 7) is 4.68. The van der Waals surface area contributed by atoms with Crippen LogP contribution in [0.15, 0.2) is 53.8 Å². The van der Waals surface area contributed by atoms with E-state index in [-0.39, 0.29) is 28.4 Å². The first-order valence-electron chi connectivity index (χ1n) is 10.9. The first-order valence-corrected chi connectivity index (χ1v) is 14.4. The molecule has 0 bridgehead atoms. The number of fused-ring (bicyclic) bond motifs is 1. The number of carbonyl (C=O) groups excluding carboxylic acids is 1. The molecular formula is C25H24INO5S2. The average molecular weight is 610 g/mol. The molecule has 2 aromatic carbocycles. The van der Waals surface area contributed by atoms with Crippen LogP contribution >= 0.6 is 33.9 Å². The van der Waals surface area contributed by atoms with Crippen molar-refractivity contribution in [2.45, 2.75) is 39.2 Å². The molecule has 0 saturated carbocycles. The van der Waals surface area contributed by atoms with Crippen LogP contribution in [-0.4, -0.2) is 24.5 Å². The summed E-state index contributed by atoms with van der Waals surface area (Å²) < 4.78 is 35.1. The summed E-state index contributed by atoms with van der Waals surface area (Å²) in [5.41, 5.74) is 3.12. The molecule has 6 nitrogen and oxygen atoms in total. The van der Waals surface area contributed by atoms with Gasteiger partial charge in [-0.2, -0.15) is 13.0 Å². The van der Waals surface area contributed by atoms with Crippen LogP contribution in [-0.2, 0) is 21.5 Å². The van der Waals surface area contributed by atoms with E-state index in [1.54, 1.807) is 6.08 Å². The summed E-state index contributed by atoms with van der Waals surface area (Å²) >= 11 is 3.72. The maximum Gasteiger partial charge on any atom is 0.264 e. The van der Waals surface area contributed by atoms with Crippen molar-refractivity contribution in [3.8, 4) is 0 Å². The predicted molar refractivity (Wildman–Crippen MR) is 141 cm³/mol. The number of aromatic nitrogens is 1. The highest BCUT2D eigenvalue weighted by molar-refractivity contribution is 14.1. The van der Waals surface area contributed by atoms with E-state index < -0.39 is 10.1 Å². The number of allylic oxidation sites excluding steroid dienone is 2. The lowest BCUT2D eigenvalue weighted by Gasteiger charge is -2.30. The normalized spacial score (nSPS) is 15.6.